The average molecular weight is 313 g/mol. The van der Waals surface area contributed by atoms with Gasteiger partial charge in [-0.3, -0.25) is 4.98 Å². The molecule has 1 heterocycles. The summed E-state index contributed by atoms with van der Waals surface area (Å²) in [5, 5.41) is 5.97. The van der Waals surface area contributed by atoms with Gasteiger partial charge in [0.05, 0.1) is 5.54 Å². The van der Waals surface area contributed by atoms with Crippen molar-refractivity contribution in [3.8, 4) is 0 Å². The number of amides is 2. The number of hydrogen-bond donors (Lipinski definition) is 2. The van der Waals surface area contributed by atoms with E-state index in [1.807, 2.05) is 12.1 Å². The van der Waals surface area contributed by atoms with E-state index in [1.54, 1.807) is 24.5 Å². The molecule has 0 spiro atoms. The van der Waals surface area contributed by atoms with Crippen LogP contribution in [0, 0.1) is 5.82 Å². The molecule has 1 aromatic heterocycles. The topological polar surface area (TPSA) is 54.0 Å². The molecule has 0 bridgehead atoms. The van der Waals surface area contributed by atoms with Crippen LogP contribution in [0.3, 0.4) is 0 Å². The molecule has 2 N–H and O–H groups in total. The van der Waals surface area contributed by atoms with E-state index in [-0.39, 0.29) is 11.8 Å². The zero-order valence-corrected chi connectivity index (χ0v) is 12.9. The maximum absolute atomic E-state index is 13.2. The molecule has 0 atom stereocenters. The van der Waals surface area contributed by atoms with Crippen LogP contribution in [-0.2, 0) is 12.1 Å². The Morgan fingerprint density at radius 1 is 1.17 bits per heavy atom. The smallest absolute Gasteiger partial charge is 0.315 e. The average Bonchev–Trinajstić information content (AvgIpc) is 3.04. The predicted octanol–water partition coefficient (Wildman–Crippen LogP) is 3.49. The third-order valence-electron chi connectivity index (χ3n) is 4.38. The van der Waals surface area contributed by atoms with Gasteiger partial charge in [0.1, 0.15) is 5.82 Å². The van der Waals surface area contributed by atoms with Gasteiger partial charge in [0.2, 0.25) is 0 Å². The van der Waals surface area contributed by atoms with Crippen molar-refractivity contribution in [3.63, 3.8) is 0 Å². The number of hydrogen-bond acceptors (Lipinski definition) is 2. The van der Waals surface area contributed by atoms with Crippen LogP contribution in [-0.4, -0.2) is 11.0 Å². The molecular formula is C18H20FN3O. The SMILES string of the molecule is O=C(NCc1cccnc1)NC1(c2ccc(F)cc2)CCCC1. The first-order chi connectivity index (χ1) is 11.2. The number of aromatic nitrogens is 1. The largest absolute Gasteiger partial charge is 0.334 e. The van der Waals surface area contributed by atoms with Crippen molar-refractivity contribution in [2.75, 3.05) is 0 Å². The molecule has 2 amide bonds. The third kappa shape index (κ3) is 3.67. The molecule has 23 heavy (non-hydrogen) atoms. The zero-order chi connectivity index (χ0) is 16.1. The highest BCUT2D eigenvalue weighted by atomic mass is 19.1. The van der Waals surface area contributed by atoms with Crippen LogP contribution in [0.2, 0.25) is 0 Å². The van der Waals surface area contributed by atoms with E-state index in [0.717, 1.165) is 36.8 Å². The monoisotopic (exact) mass is 313 g/mol. The maximum atomic E-state index is 13.2. The standard InChI is InChI=1S/C18H20FN3O/c19-16-7-5-15(6-8-16)18(9-1-2-10-18)22-17(23)21-13-14-4-3-11-20-12-14/h3-8,11-12H,1-2,9-10,13H2,(H2,21,22,23). The lowest BCUT2D eigenvalue weighted by Gasteiger charge is -2.31. The van der Waals surface area contributed by atoms with Crippen molar-refractivity contribution in [1.29, 1.82) is 0 Å². The van der Waals surface area contributed by atoms with E-state index in [4.69, 9.17) is 0 Å². The zero-order valence-electron chi connectivity index (χ0n) is 12.9. The Morgan fingerprint density at radius 3 is 2.57 bits per heavy atom. The van der Waals surface area contributed by atoms with Gasteiger partial charge in [0.15, 0.2) is 0 Å². The number of benzene rings is 1. The molecule has 1 aliphatic carbocycles. The van der Waals surface area contributed by atoms with Crippen molar-refractivity contribution in [1.82, 2.24) is 15.6 Å². The molecule has 0 radical (unpaired) electrons. The highest BCUT2D eigenvalue weighted by molar-refractivity contribution is 5.75. The summed E-state index contributed by atoms with van der Waals surface area (Å²) in [6, 6.07) is 9.98. The first-order valence-electron chi connectivity index (χ1n) is 7.89. The van der Waals surface area contributed by atoms with Gasteiger partial charge in [-0.15, -0.1) is 0 Å². The van der Waals surface area contributed by atoms with Gasteiger partial charge >= 0.3 is 6.03 Å². The van der Waals surface area contributed by atoms with Crippen LogP contribution < -0.4 is 10.6 Å². The van der Waals surface area contributed by atoms with Crippen LogP contribution in [0.25, 0.3) is 0 Å². The van der Waals surface area contributed by atoms with Crippen LogP contribution in [0.15, 0.2) is 48.8 Å². The number of pyridine rings is 1. The molecule has 5 heteroatoms. The van der Waals surface area contributed by atoms with Crippen molar-refractivity contribution in [2.24, 2.45) is 0 Å². The van der Waals surface area contributed by atoms with Gasteiger partial charge in [-0.2, -0.15) is 0 Å². The van der Waals surface area contributed by atoms with Gasteiger partial charge in [-0.05, 0) is 42.2 Å². The second-order valence-corrected chi connectivity index (χ2v) is 5.97. The molecular weight excluding hydrogens is 293 g/mol. The van der Waals surface area contributed by atoms with Crippen molar-refractivity contribution in [2.45, 2.75) is 37.8 Å². The van der Waals surface area contributed by atoms with Crippen molar-refractivity contribution < 1.29 is 9.18 Å². The number of nitrogens with one attached hydrogen (secondary N) is 2. The van der Waals surface area contributed by atoms with E-state index in [1.165, 1.54) is 12.1 Å². The molecule has 1 saturated carbocycles. The van der Waals surface area contributed by atoms with E-state index in [9.17, 15) is 9.18 Å². The molecule has 2 aromatic rings. The number of carbonyl (C=O) groups is 1. The second kappa shape index (κ2) is 6.77. The number of urea groups is 1. The molecule has 4 nitrogen and oxygen atoms in total. The number of halogens is 1. The minimum absolute atomic E-state index is 0.208. The Kier molecular flexibility index (Phi) is 4.55. The van der Waals surface area contributed by atoms with Gasteiger partial charge < -0.3 is 10.6 Å². The minimum Gasteiger partial charge on any atom is -0.334 e. The molecule has 0 saturated heterocycles. The summed E-state index contributed by atoms with van der Waals surface area (Å²) in [6.07, 6.45) is 7.29. The number of nitrogens with zero attached hydrogens (tertiary/aromatic N) is 1. The van der Waals surface area contributed by atoms with E-state index in [0.29, 0.717) is 6.54 Å². The summed E-state index contributed by atoms with van der Waals surface area (Å²) in [5.41, 5.74) is 1.52. The van der Waals surface area contributed by atoms with Gasteiger partial charge in [0.25, 0.3) is 0 Å². The van der Waals surface area contributed by atoms with E-state index >= 15 is 0 Å². The molecule has 0 unspecified atom stereocenters. The molecule has 1 fully saturated rings. The highest BCUT2D eigenvalue weighted by Gasteiger charge is 2.36. The first-order valence-corrected chi connectivity index (χ1v) is 7.89. The van der Waals surface area contributed by atoms with Crippen LogP contribution in [0.5, 0.6) is 0 Å². The Labute approximate surface area is 135 Å². The first kappa shape index (κ1) is 15.5. The fourth-order valence-electron chi connectivity index (χ4n) is 3.18. The van der Waals surface area contributed by atoms with Gasteiger partial charge in [-0.1, -0.05) is 31.0 Å². The fraction of sp³-hybridized carbons (Fsp3) is 0.333. The summed E-state index contributed by atoms with van der Waals surface area (Å²) in [4.78, 5) is 16.3. The summed E-state index contributed by atoms with van der Waals surface area (Å²) >= 11 is 0. The Bertz CT molecular complexity index is 652. The Hall–Kier alpha value is -2.43. The summed E-state index contributed by atoms with van der Waals surface area (Å²) in [7, 11) is 0. The van der Waals surface area contributed by atoms with Crippen molar-refractivity contribution >= 4 is 6.03 Å². The van der Waals surface area contributed by atoms with Gasteiger partial charge in [0, 0.05) is 18.9 Å². The van der Waals surface area contributed by atoms with Crippen molar-refractivity contribution in [3.05, 3.63) is 65.7 Å². The molecule has 1 aromatic carbocycles. The van der Waals surface area contributed by atoms with Crippen LogP contribution >= 0.6 is 0 Å². The minimum atomic E-state index is -0.396. The Balaban J connectivity index is 1.67. The second-order valence-electron chi connectivity index (χ2n) is 5.97. The molecule has 120 valence electrons. The fourth-order valence-corrected chi connectivity index (χ4v) is 3.18. The summed E-state index contributed by atoms with van der Waals surface area (Å²) in [6.45, 7) is 0.430. The lowest BCUT2D eigenvalue weighted by atomic mass is 9.88. The normalized spacial score (nSPS) is 16.0. The van der Waals surface area contributed by atoms with Crippen LogP contribution in [0.4, 0.5) is 9.18 Å². The maximum Gasteiger partial charge on any atom is 0.315 e. The van der Waals surface area contributed by atoms with Gasteiger partial charge in [-0.25, -0.2) is 9.18 Å². The lowest BCUT2D eigenvalue weighted by molar-refractivity contribution is 0.224. The summed E-state index contributed by atoms with van der Waals surface area (Å²) in [5.74, 6) is -0.261. The van der Waals surface area contributed by atoms with Crippen LogP contribution in [0.1, 0.15) is 36.8 Å². The third-order valence-corrected chi connectivity index (χ3v) is 4.38. The number of carbonyl (C=O) groups excluding carboxylic acids is 1. The van der Waals surface area contributed by atoms with E-state index in [2.05, 4.69) is 15.6 Å². The highest BCUT2D eigenvalue weighted by Crippen LogP contribution is 2.38. The molecule has 3 rings (SSSR count). The predicted molar refractivity (Wildman–Crippen MR) is 86.2 cm³/mol. The van der Waals surface area contributed by atoms with E-state index < -0.39 is 5.54 Å². The number of rotatable bonds is 4. The summed E-state index contributed by atoms with van der Waals surface area (Å²) < 4.78 is 13.2. The Morgan fingerprint density at radius 2 is 1.91 bits per heavy atom. The lowest BCUT2D eigenvalue weighted by Crippen LogP contribution is -2.48. The molecule has 0 aliphatic heterocycles. The quantitative estimate of drug-likeness (QED) is 0.908. The molecule has 1 aliphatic rings.